The Kier molecular flexibility index (Phi) is 4.98. The van der Waals surface area contributed by atoms with Crippen molar-refractivity contribution in [2.24, 2.45) is 0 Å². The maximum absolute atomic E-state index is 11.9. The summed E-state index contributed by atoms with van der Waals surface area (Å²) in [6, 6.07) is 12.9. The second-order valence-corrected chi connectivity index (χ2v) is 5.79. The maximum atomic E-state index is 11.9. The molecule has 0 radical (unpaired) electrons. The topological polar surface area (TPSA) is 55.1 Å². The number of anilines is 2. The number of amides is 1. The van der Waals surface area contributed by atoms with E-state index >= 15 is 0 Å². The average molecular weight is 396 g/mol. The Morgan fingerprint density at radius 3 is 2.25 bits per heavy atom. The standard InChI is InChI=1S/C15H12Br2N2O/c16-12-2-1-3-13(17)15(12)19-14(20)9-6-10-4-7-11(18)8-5-10/h1-9H,18H2,(H,19,20)/b9-6+. The van der Waals surface area contributed by atoms with Gasteiger partial charge in [-0.1, -0.05) is 18.2 Å². The van der Waals surface area contributed by atoms with E-state index in [1.54, 1.807) is 18.2 Å². The normalized spacial score (nSPS) is 10.7. The van der Waals surface area contributed by atoms with Gasteiger partial charge in [-0.2, -0.15) is 0 Å². The second-order valence-electron chi connectivity index (χ2n) is 4.09. The number of carbonyl (C=O) groups is 1. The summed E-state index contributed by atoms with van der Waals surface area (Å²) in [4.78, 5) is 11.9. The zero-order valence-corrected chi connectivity index (χ0v) is 13.6. The summed E-state index contributed by atoms with van der Waals surface area (Å²) in [5, 5.41) is 2.82. The fraction of sp³-hybridized carbons (Fsp3) is 0. The molecule has 0 aliphatic heterocycles. The molecule has 0 unspecified atom stereocenters. The van der Waals surface area contributed by atoms with Crippen molar-refractivity contribution >= 4 is 55.2 Å². The summed E-state index contributed by atoms with van der Waals surface area (Å²) in [6.07, 6.45) is 3.22. The van der Waals surface area contributed by atoms with Crippen LogP contribution < -0.4 is 11.1 Å². The van der Waals surface area contributed by atoms with Gasteiger partial charge in [-0.25, -0.2) is 0 Å². The minimum absolute atomic E-state index is 0.200. The summed E-state index contributed by atoms with van der Waals surface area (Å²) >= 11 is 6.79. The largest absolute Gasteiger partial charge is 0.399 e. The first-order chi connectivity index (χ1) is 9.56. The monoisotopic (exact) mass is 394 g/mol. The van der Waals surface area contributed by atoms with E-state index in [-0.39, 0.29) is 5.91 Å². The Hall–Kier alpha value is -1.59. The second kappa shape index (κ2) is 6.72. The molecule has 20 heavy (non-hydrogen) atoms. The highest BCUT2D eigenvalue weighted by Gasteiger charge is 2.06. The highest BCUT2D eigenvalue weighted by atomic mass is 79.9. The molecule has 0 saturated heterocycles. The van der Waals surface area contributed by atoms with E-state index in [4.69, 9.17) is 5.73 Å². The van der Waals surface area contributed by atoms with Gasteiger partial charge in [-0.05, 0) is 67.8 Å². The van der Waals surface area contributed by atoms with Crippen molar-refractivity contribution in [3.8, 4) is 0 Å². The van der Waals surface area contributed by atoms with Gasteiger partial charge in [0.15, 0.2) is 0 Å². The Morgan fingerprint density at radius 2 is 1.65 bits per heavy atom. The molecule has 2 rings (SSSR count). The van der Waals surface area contributed by atoms with E-state index in [1.807, 2.05) is 30.3 Å². The Bertz CT molecular complexity index is 631. The van der Waals surface area contributed by atoms with Gasteiger partial charge in [0.2, 0.25) is 5.91 Å². The van der Waals surface area contributed by atoms with Gasteiger partial charge >= 0.3 is 0 Å². The lowest BCUT2D eigenvalue weighted by atomic mass is 10.2. The van der Waals surface area contributed by atoms with Crippen LogP contribution in [0.25, 0.3) is 6.08 Å². The zero-order valence-electron chi connectivity index (χ0n) is 10.4. The van der Waals surface area contributed by atoms with Crippen molar-refractivity contribution in [3.05, 3.63) is 63.0 Å². The Morgan fingerprint density at radius 1 is 1.05 bits per heavy atom. The molecular formula is C15H12Br2N2O. The number of halogens is 2. The molecule has 0 spiro atoms. The predicted octanol–water partition coefficient (Wildman–Crippen LogP) is 4.45. The smallest absolute Gasteiger partial charge is 0.248 e. The Labute approximate surface area is 134 Å². The van der Waals surface area contributed by atoms with E-state index in [0.29, 0.717) is 11.4 Å². The van der Waals surface area contributed by atoms with Gasteiger partial charge in [-0.15, -0.1) is 0 Å². The van der Waals surface area contributed by atoms with Crippen LogP contribution in [0.3, 0.4) is 0 Å². The van der Waals surface area contributed by atoms with E-state index in [9.17, 15) is 4.79 Å². The molecule has 0 aliphatic carbocycles. The number of hydrogen-bond acceptors (Lipinski definition) is 2. The molecule has 3 N–H and O–H groups in total. The van der Waals surface area contributed by atoms with Gasteiger partial charge in [0.1, 0.15) is 0 Å². The van der Waals surface area contributed by atoms with Crippen molar-refractivity contribution in [2.45, 2.75) is 0 Å². The van der Waals surface area contributed by atoms with Crippen molar-refractivity contribution in [1.82, 2.24) is 0 Å². The molecule has 0 fully saturated rings. The number of nitrogens with two attached hydrogens (primary N) is 1. The molecule has 3 nitrogen and oxygen atoms in total. The van der Waals surface area contributed by atoms with E-state index in [0.717, 1.165) is 14.5 Å². The average Bonchev–Trinajstić information content (AvgIpc) is 2.42. The van der Waals surface area contributed by atoms with Crippen LogP contribution in [0.2, 0.25) is 0 Å². The predicted molar refractivity (Wildman–Crippen MR) is 90.4 cm³/mol. The van der Waals surface area contributed by atoms with Crippen LogP contribution in [0.4, 0.5) is 11.4 Å². The van der Waals surface area contributed by atoms with Gasteiger partial charge in [0.05, 0.1) is 5.69 Å². The van der Waals surface area contributed by atoms with Crippen LogP contribution >= 0.6 is 31.9 Å². The first kappa shape index (κ1) is 14.8. The number of nitrogens with one attached hydrogen (secondary N) is 1. The van der Waals surface area contributed by atoms with Crippen LogP contribution in [0, 0.1) is 0 Å². The van der Waals surface area contributed by atoms with Gasteiger partial charge in [0.25, 0.3) is 0 Å². The minimum atomic E-state index is -0.200. The molecule has 0 aliphatic rings. The van der Waals surface area contributed by atoms with Gasteiger partial charge in [0, 0.05) is 20.7 Å². The SMILES string of the molecule is Nc1ccc(/C=C/C(=O)Nc2c(Br)cccc2Br)cc1. The van der Waals surface area contributed by atoms with Crippen molar-refractivity contribution in [1.29, 1.82) is 0 Å². The summed E-state index contributed by atoms with van der Waals surface area (Å²) in [5.41, 5.74) is 7.93. The van der Waals surface area contributed by atoms with Crippen LogP contribution in [0.15, 0.2) is 57.5 Å². The number of carbonyl (C=O) groups excluding carboxylic acids is 1. The van der Waals surface area contributed by atoms with Crippen molar-refractivity contribution in [3.63, 3.8) is 0 Å². The zero-order chi connectivity index (χ0) is 14.5. The lowest BCUT2D eigenvalue weighted by molar-refractivity contribution is -0.111. The third kappa shape index (κ3) is 3.95. The summed E-state index contributed by atoms with van der Waals surface area (Å²) in [5.74, 6) is -0.200. The Balaban J connectivity index is 2.07. The van der Waals surface area contributed by atoms with E-state index in [1.165, 1.54) is 6.08 Å². The fourth-order valence-electron chi connectivity index (χ4n) is 1.56. The lowest BCUT2D eigenvalue weighted by Crippen LogP contribution is -2.08. The molecule has 2 aromatic carbocycles. The van der Waals surface area contributed by atoms with Crippen LogP contribution in [0.1, 0.15) is 5.56 Å². The minimum Gasteiger partial charge on any atom is -0.399 e. The number of para-hydroxylation sites is 1. The number of benzene rings is 2. The van der Waals surface area contributed by atoms with Crippen LogP contribution in [-0.2, 0) is 4.79 Å². The molecule has 0 aromatic heterocycles. The molecule has 0 atom stereocenters. The molecule has 2 aromatic rings. The molecular weight excluding hydrogens is 384 g/mol. The summed E-state index contributed by atoms with van der Waals surface area (Å²) in [6.45, 7) is 0. The third-order valence-corrected chi connectivity index (χ3v) is 3.90. The first-order valence-electron chi connectivity index (χ1n) is 5.85. The third-order valence-electron chi connectivity index (χ3n) is 2.57. The van der Waals surface area contributed by atoms with Gasteiger partial charge < -0.3 is 11.1 Å². The highest BCUT2D eigenvalue weighted by Crippen LogP contribution is 2.30. The fourth-order valence-corrected chi connectivity index (χ4v) is 2.76. The molecule has 0 bridgehead atoms. The number of nitrogen functional groups attached to an aromatic ring is 1. The van der Waals surface area contributed by atoms with Gasteiger partial charge in [-0.3, -0.25) is 4.79 Å². The number of rotatable bonds is 3. The molecule has 1 amide bonds. The van der Waals surface area contributed by atoms with Crippen LogP contribution in [0.5, 0.6) is 0 Å². The summed E-state index contributed by atoms with van der Waals surface area (Å²) in [7, 11) is 0. The lowest BCUT2D eigenvalue weighted by Gasteiger charge is -2.07. The summed E-state index contributed by atoms with van der Waals surface area (Å²) < 4.78 is 1.64. The van der Waals surface area contributed by atoms with Crippen molar-refractivity contribution in [2.75, 3.05) is 11.1 Å². The molecule has 0 saturated carbocycles. The van der Waals surface area contributed by atoms with E-state index in [2.05, 4.69) is 37.2 Å². The van der Waals surface area contributed by atoms with Crippen molar-refractivity contribution < 1.29 is 4.79 Å². The number of hydrogen-bond donors (Lipinski definition) is 2. The first-order valence-corrected chi connectivity index (χ1v) is 7.43. The molecule has 0 heterocycles. The molecule has 5 heteroatoms. The maximum Gasteiger partial charge on any atom is 0.248 e. The van der Waals surface area contributed by atoms with Crippen LogP contribution in [-0.4, -0.2) is 5.91 Å². The van der Waals surface area contributed by atoms with E-state index < -0.39 is 0 Å². The molecule has 102 valence electrons. The quantitative estimate of drug-likeness (QED) is 0.595. The highest BCUT2D eigenvalue weighted by molar-refractivity contribution is 9.11.